The fourth-order valence-corrected chi connectivity index (χ4v) is 2.67. The van der Waals surface area contributed by atoms with Crippen LogP contribution in [0.3, 0.4) is 0 Å². The normalized spacial score (nSPS) is 10.4. The van der Waals surface area contributed by atoms with Crippen LogP contribution in [0.5, 0.6) is 0 Å². The van der Waals surface area contributed by atoms with E-state index in [0.717, 1.165) is 5.69 Å². The third kappa shape index (κ3) is 4.17. The van der Waals surface area contributed by atoms with E-state index in [2.05, 4.69) is 20.8 Å². The fourth-order valence-electron chi connectivity index (χ4n) is 2.67. The number of tetrazole rings is 1. The van der Waals surface area contributed by atoms with E-state index in [0.29, 0.717) is 29.9 Å². The highest BCUT2D eigenvalue weighted by molar-refractivity contribution is 6.05. The Hall–Kier alpha value is -3.55. The zero-order chi connectivity index (χ0) is 19.2. The molecule has 8 heteroatoms. The van der Waals surface area contributed by atoms with Crippen LogP contribution in [0.15, 0.2) is 54.9 Å². The average Bonchev–Trinajstić information content (AvgIpc) is 3.24. The van der Waals surface area contributed by atoms with Crippen LogP contribution in [0.1, 0.15) is 34.6 Å². The molecule has 0 fully saturated rings. The van der Waals surface area contributed by atoms with Crippen LogP contribution in [-0.2, 0) is 0 Å². The molecule has 0 spiro atoms. The Kier molecular flexibility index (Phi) is 5.55. The van der Waals surface area contributed by atoms with Gasteiger partial charge in [-0.1, -0.05) is 6.07 Å². The third-order valence-electron chi connectivity index (χ3n) is 4.16. The number of anilines is 1. The summed E-state index contributed by atoms with van der Waals surface area (Å²) in [5.41, 5.74) is 2.36. The van der Waals surface area contributed by atoms with Gasteiger partial charge in [0.25, 0.3) is 11.8 Å². The Balaban J connectivity index is 1.72. The number of hydrogen-bond acceptors (Lipinski definition) is 5. The van der Waals surface area contributed by atoms with Gasteiger partial charge in [-0.05, 0) is 66.7 Å². The number of carbonyl (C=O) groups is 2. The molecule has 0 saturated heterocycles. The lowest BCUT2D eigenvalue weighted by Crippen LogP contribution is -2.30. The molecule has 3 aromatic rings. The maximum Gasteiger partial charge on any atom is 0.255 e. The standard InChI is InChI=1S/C19H20N6O2/c1-3-24(4-2)19(27)15-6-5-7-16(12-15)21-18(26)14-8-10-17(11-9-14)25-13-20-22-23-25/h5-13H,3-4H2,1-2H3,(H,21,26). The van der Waals surface area contributed by atoms with Gasteiger partial charge in [0.15, 0.2) is 0 Å². The predicted molar refractivity (Wildman–Crippen MR) is 101 cm³/mol. The van der Waals surface area contributed by atoms with Crippen molar-refractivity contribution in [2.45, 2.75) is 13.8 Å². The molecule has 1 aromatic heterocycles. The highest BCUT2D eigenvalue weighted by Crippen LogP contribution is 2.15. The van der Waals surface area contributed by atoms with Crippen molar-refractivity contribution in [1.29, 1.82) is 0 Å². The van der Waals surface area contributed by atoms with Crippen LogP contribution in [-0.4, -0.2) is 50.0 Å². The van der Waals surface area contributed by atoms with Crippen molar-refractivity contribution in [2.24, 2.45) is 0 Å². The van der Waals surface area contributed by atoms with E-state index < -0.39 is 0 Å². The number of benzene rings is 2. The smallest absolute Gasteiger partial charge is 0.255 e. The van der Waals surface area contributed by atoms with Crippen LogP contribution in [0.4, 0.5) is 5.69 Å². The zero-order valence-electron chi connectivity index (χ0n) is 15.2. The lowest BCUT2D eigenvalue weighted by Gasteiger charge is -2.19. The quantitative estimate of drug-likeness (QED) is 0.725. The first-order chi connectivity index (χ1) is 13.1. The van der Waals surface area contributed by atoms with E-state index in [9.17, 15) is 9.59 Å². The Labute approximate surface area is 156 Å². The lowest BCUT2D eigenvalue weighted by atomic mass is 10.1. The molecule has 1 N–H and O–H groups in total. The molecule has 2 amide bonds. The molecule has 138 valence electrons. The number of hydrogen-bond donors (Lipinski definition) is 1. The lowest BCUT2D eigenvalue weighted by molar-refractivity contribution is 0.0772. The molecule has 0 aliphatic rings. The van der Waals surface area contributed by atoms with Gasteiger partial charge in [0, 0.05) is 29.9 Å². The van der Waals surface area contributed by atoms with Crippen LogP contribution in [0, 0.1) is 0 Å². The average molecular weight is 364 g/mol. The summed E-state index contributed by atoms with van der Waals surface area (Å²) in [6, 6.07) is 13.8. The highest BCUT2D eigenvalue weighted by Gasteiger charge is 2.13. The Morgan fingerprint density at radius 2 is 1.78 bits per heavy atom. The molecule has 2 aromatic carbocycles. The summed E-state index contributed by atoms with van der Waals surface area (Å²) in [6.45, 7) is 5.15. The summed E-state index contributed by atoms with van der Waals surface area (Å²) in [7, 11) is 0. The highest BCUT2D eigenvalue weighted by atomic mass is 16.2. The van der Waals surface area contributed by atoms with Crippen LogP contribution in [0.25, 0.3) is 5.69 Å². The van der Waals surface area contributed by atoms with E-state index in [1.807, 2.05) is 13.8 Å². The van der Waals surface area contributed by atoms with Crippen molar-refractivity contribution in [3.63, 3.8) is 0 Å². The minimum atomic E-state index is -0.259. The second-order valence-corrected chi connectivity index (χ2v) is 5.81. The molecule has 0 aliphatic carbocycles. The molecule has 0 saturated carbocycles. The van der Waals surface area contributed by atoms with Crippen molar-refractivity contribution in [2.75, 3.05) is 18.4 Å². The molecule has 27 heavy (non-hydrogen) atoms. The molecule has 1 heterocycles. The number of rotatable bonds is 6. The second kappa shape index (κ2) is 8.22. The van der Waals surface area contributed by atoms with Gasteiger partial charge in [-0.2, -0.15) is 0 Å². The maximum atomic E-state index is 12.5. The topological polar surface area (TPSA) is 93.0 Å². The second-order valence-electron chi connectivity index (χ2n) is 5.81. The summed E-state index contributed by atoms with van der Waals surface area (Å²) in [5.74, 6) is -0.312. The first kappa shape index (κ1) is 18.2. The van der Waals surface area contributed by atoms with Crippen molar-refractivity contribution in [3.05, 3.63) is 66.0 Å². The Morgan fingerprint density at radius 3 is 2.41 bits per heavy atom. The molecular weight excluding hydrogens is 344 g/mol. The van der Waals surface area contributed by atoms with Gasteiger partial charge >= 0.3 is 0 Å². The van der Waals surface area contributed by atoms with Gasteiger partial charge in [-0.3, -0.25) is 9.59 Å². The van der Waals surface area contributed by atoms with Crippen LogP contribution >= 0.6 is 0 Å². The molecule has 0 unspecified atom stereocenters. The van der Waals surface area contributed by atoms with Crippen molar-refractivity contribution < 1.29 is 9.59 Å². The SMILES string of the molecule is CCN(CC)C(=O)c1cccc(NC(=O)c2ccc(-n3cnnn3)cc2)c1. The molecule has 0 radical (unpaired) electrons. The summed E-state index contributed by atoms with van der Waals surface area (Å²) >= 11 is 0. The van der Waals surface area contributed by atoms with Crippen molar-refractivity contribution in [3.8, 4) is 5.69 Å². The van der Waals surface area contributed by atoms with Gasteiger partial charge in [0.05, 0.1) is 5.69 Å². The van der Waals surface area contributed by atoms with Crippen LogP contribution in [0.2, 0.25) is 0 Å². The third-order valence-corrected chi connectivity index (χ3v) is 4.16. The number of aromatic nitrogens is 4. The van der Waals surface area contributed by atoms with Gasteiger partial charge in [-0.25, -0.2) is 4.68 Å². The first-order valence-electron chi connectivity index (χ1n) is 8.66. The van der Waals surface area contributed by atoms with E-state index in [-0.39, 0.29) is 11.8 Å². The number of amides is 2. The zero-order valence-corrected chi connectivity index (χ0v) is 15.2. The minimum Gasteiger partial charge on any atom is -0.339 e. The largest absolute Gasteiger partial charge is 0.339 e. The number of nitrogens with zero attached hydrogens (tertiary/aromatic N) is 5. The van der Waals surface area contributed by atoms with Crippen molar-refractivity contribution in [1.82, 2.24) is 25.1 Å². The Bertz CT molecular complexity index is 918. The van der Waals surface area contributed by atoms with Gasteiger partial charge < -0.3 is 10.2 Å². The summed E-state index contributed by atoms with van der Waals surface area (Å²) in [6.07, 6.45) is 1.48. The molecule has 0 bridgehead atoms. The fraction of sp³-hybridized carbons (Fsp3) is 0.211. The monoisotopic (exact) mass is 364 g/mol. The summed E-state index contributed by atoms with van der Waals surface area (Å²) < 4.78 is 1.50. The molecule has 0 atom stereocenters. The molecule has 8 nitrogen and oxygen atoms in total. The number of nitrogens with one attached hydrogen (secondary N) is 1. The molecule has 0 aliphatic heterocycles. The maximum absolute atomic E-state index is 12.5. The van der Waals surface area contributed by atoms with Gasteiger partial charge in [0.1, 0.15) is 6.33 Å². The van der Waals surface area contributed by atoms with Gasteiger partial charge in [-0.15, -0.1) is 5.10 Å². The molecule has 3 rings (SSSR count). The van der Waals surface area contributed by atoms with E-state index >= 15 is 0 Å². The van der Waals surface area contributed by atoms with E-state index in [4.69, 9.17) is 0 Å². The minimum absolute atomic E-state index is 0.0538. The Morgan fingerprint density at radius 1 is 1.04 bits per heavy atom. The van der Waals surface area contributed by atoms with E-state index in [1.165, 1.54) is 11.0 Å². The van der Waals surface area contributed by atoms with E-state index in [1.54, 1.807) is 53.4 Å². The van der Waals surface area contributed by atoms with Crippen molar-refractivity contribution >= 4 is 17.5 Å². The van der Waals surface area contributed by atoms with Gasteiger partial charge in [0.2, 0.25) is 0 Å². The van der Waals surface area contributed by atoms with Crippen LogP contribution < -0.4 is 5.32 Å². The summed E-state index contributed by atoms with van der Waals surface area (Å²) in [4.78, 5) is 26.7. The predicted octanol–water partition coefficient (Wildman–Crippen LogP) is 2.40. The number of carbonyl (C=O) groups excluding carboxylic acids is 2. The molecular formula is C19H20N6O2. The first-order valence-corrected chi connectivity index (χ1v) is 8.66. The summed E-state index contributed by atoms with van der Waals surface area (Å²) in [5, 5.41) is 13.8.